The van der Waals surface area contributed by atoms with Gasteiger partial charge in [-0.15, -0.1) is 0 Å². The predicted octanol–water partition coefficient (Wildman–Crippen LogP) is 3.59. The molecule has 1 aromatic carbocycles. The molecule has 7 heteroatoms. The van der Waals surface area contributed by atoms with Crippen LogP contribution in [0.5, 0.6) is 0 Å². The highest BCUT2D eigenvalue weighted by Crippen LogP contribution is 2.41. The van der Waals surface area contributed by atoms with Gasteiger partial charge in [0.1, 0.15) is 6.04 Å². The number of hydrogen-bond donors (Lipinski definition) is 1. The Balaban J connectivity index is 1.98. The maximum Gasteiger partial charge on any atom is 0.326 e. The summed E-state index contributed by atoms with van der Waals surface area (Å²) in [7, 11) is 0. The van der Waals surface area contributed by atoms with Gasteiger partial charge < -0.3 is 10.0 Å². The monoisotopic (exact) mass is 387 g/mol. The van der Waals surface area contributed by atoms with Crippen LogP contribution in [0.4, 0.5) is 8.78 Å². The molecule has 1 N–H and O–H groups in total. The van der Waals surface area contributed by atoms with Crippen molar-refractivity contribution in [3.63, 3.8) is 0 Å². The van der Waals surface area contributed by atoms with Gasteiger partial charge in [-0.1, -0.05) is 12.8 Å². The molecular formula is C16H16BrF2NO3. The first-order chi connectivity index (χ1) is 10.9. The Bertz CT molecular complexity index is 667. The summed E-state index contributed by atoms with van der Waals surface area (Å²) in [5, 5.41) is 9.45. The minimum absolute atomic E-state index is 0.0404. The Hall–Kier alpha value is -1.50. The number of nitrogens with zero attached hydrogens (tertiary/aromatic N) is 1. The number of carboxylic acid groups (broad SMARTS) is 1. The van der Waals surface area contributed by atoms with Crippen molar-refractivity contribution in [1.82, 2.24) is 4.90 Å². The Morgan fingerprint density at radius 1 is 1.17 bits per heavy atom. The molecule has 1 aliphatic carbocycles. The van der Waals surface area contributed by atoms with Crippen molar-refractivity contribution >= 4 is 27.8 Å². The molecule has 0 radical (unpaired) electrons. The lowest BCUT2D eigenvalue weighted by atomic mass is 9.84. The SMILES string of the molecule is O=C(O)C1CC2CCCCC2N1C(=O)c1cc(F)c(F)cc1Br. The molecule has 1 amide bonds. The zero-order valence-corrected chi connectivity index (χ0v) is 13.9. The van der Waals surface area contributed by atoms with Gasteiger partial charge in [0.2, 0.25) is 0 Å². The largest absolute Gasteiger partial charge is 0.480 e. The number of aliphatic carboxylic acids is 1. The number of halogens is 3. The van der Waals surface area contributed by atoms with Crippen LogP contribution in [0.25, 0.3) is 0 Å². The molecule has 1 aliphatic heterocycles. The summed E-state index contributed by atoms with van der Waals surface area (Å²) in [6, 6.07) is 0.678. The molecule has 0 bridgehead atoms. The Kier molecular flexibility index (Phi) is 4.40. The van der Waals surface area contributed by atoms with Crippen molar-refractivity contribution in [2.24, 2.45) is 5.92 Å². The van der Waals surface area contributed by atoms with Crippen LogP contribution in [0.3, 0.4) is 0 Å². The lowest BCUT2D eigenvalue weighted by molar-refractivity contribution is -0.141. The molecule has 3 rings (SSSR count). The molecule has 2 fully saturated rings. The first-order valence-electron chi connectivity index (χ1n) is 7.60. The number of carboxylic acids is 1. The third-order valence-electron chi connectivity index (χ3n) is 4.85. The highest BCUT2D eigenvalue weighted by molar-refractivity contribution is 9.10. The van der Waals surface area contributed by atoms with Crippen molar-refractivity contribution in [3.8, 4) is 0 Å². The molecule has 3 unspecified atom stereocenters. The van der Waals surface area contributed by atoms with E-state index in [9.17, 15) is 23.5 Å². The van der Waals surface area contributed by atoms with E-state index in [1.807, 2.05) is 0 Å². The topological polar surface area (TPSA) is 57.6 Å². The van der Waals surface area contributed by atoms with Gasteiger partial charge in [0.15, 0.2) is 11.6 Å². The maximum atomic E-state index is 13.5. The zero-order chi connectivity index (χ0) is 16.7. The van der Waals surface area contributed by atoms with Crippen molar-refractivity contribution in [3.05, 3.63) is 33.8 Å². The smallest absolute Gasteiger partial charge is 0.326 e. The summed E-state index contributed by atoms with van der Waals surface area (Å²) in [5.41, 5.74) is -0.0404. The number of carbonyl (C=O) groups excluding carboxylic acids is 1. The van der Waals surface area contributed by atoms with E-state index in [4.69, 9.17) is 0 Å². The van der Waals surface area contributed by atoms with E-state index in [1.54, 1.807) is 0 Å². The van der Waals surface area contributed by atoms with Crippen LogP contribution >= 0.6 is 15.9 Å². The van der Waals surface area contributed by atoms with Crippen LogP contribution in [0, 0.1) is 17.6 Å². The van der Waals surface area contributed by atoms with E-state index in [0.29, 0.717) is 6.42 Å². The Labute approximate surface area is 140 Å². The van der Waals surface area contributed by atoms with Crippen LogP contribution in [-0.4, -0.2) is 34.0 Å². The lowest BCUT2D eigenvalue weighted by Gasteiger charge is -2.33. The summed E-state index contributed by atoms with van der Waals surface area (Å²) in [4.78, 5) is 25.8. The van der Waals surface area contributed by atoms with E-state index in [0.717, 1.165) is 37.8 Å². The fourth-order valence-electron chi connectivity index (χ4n) is 3.80. The number of fused-ring (bicyclic) bond motifs is 1. The second kappa shape index (κ2) is 6.19. The van der Waals surface area contributed by atoms with Crippen LogP contribution in [-0.2, 0) is 4.79 Å². The van der Waals surface area contributed by atoms with Crippen molar-refractivity contribution < 1.29 is 23.5 Å². The fourth-order valence-corrected chi connectivity index (χ4v) is 4.28. The average Bonchev–Trinajstić information content (AvgIpc) is 2.90. The number of likely N-dealkylation sites (tertiary alicyclic amines) is 1. The van der Waals surface area contributed by atoms with Crippen LogP contribution in [0.15, 0.2) is 16.6 Å². The summed E-state index contributed by atoms with van der Waals surface area (Å²) in [6.07, 6.45) is 4.05. The summed E-state index contributed by atoms with van der Waals surface area (Å²) in [6.45, 7) is 0. The van der Waals surface area contributed by atoms with E-state index in [-0.39, 0.29) is 22.0 Å². The summed E-state index contributed by atoms with van der Waals surface area (Å²) >= 11 is 3.07. The number of carbonyl (C=O) groups is 2. The highest BCUT2D eigenvalue weighted by Gasteiger charge is 2.48. The molecule has 0 aromatic heterocycles. The molecule has 1 aromatic rings. The quantitative estimate of drug-likeness (QED) is 0.788. The molecule has 0 spiro atoms. The molecular weight excluding hydrogens is 372 g/mol. The van der Waals surface area contributed by atoms with Gasteiger partial charge in [-0.25, -0.2) is 13.6 Å². The molecule has 4 nitrogen and oxygen atoms in total. The van der Waals surface area contributed by atoms with Gasteiger partial charge in [-0.3, -0.25) is 4.79 Å². The highest BCUT2D eigenvalue weighted by atomic mass is 79.9. The van der Waals surface area contributed by atoms with E-state index >= 15 is 0 Å². The zero-order valence-electron chi connectivity index (χ0n) is 12.3. The minimum Gasteiger partial charge on any atom is -0.480 e. The third-order valence-corrected chi connectivity index (χ3v) is 5.50. The number of benzene rings is 1. The fraction of sp³-hybridized carbons (Fsp3) is 0.500. The first kappa shape index (κ1) is 16.4. The van der Waals surface area contributed by atoms with Gasteiger partial charge in [0.25, 0.3) is 5.91 Å². The number of hydrogen-bond acceptors (Lipinski definition) is 2. The molecule has 23 heavy (non-hydrogen) atoms. The number of amides is 1. The van der Waals surface area contributed by atoms with Gasteiger partial charge in [-0.05, 0) is 53.2 Å². The third kappa shape index (κ3) is 2.86. The molecule has 1 saturated heterocycles. The second-order valence-electron chi connectivity index (χ2n) is 6.16. The van der Waals surface area contributed by atoms with Crippen molar-refractivity contribution in [2.45, 2.75) is 44.2 Å². The molecule has 3 atom stereocenters. The van der Waals surface area contributed by atoms with Crippen LogP contribution < -0.4 is 0 Å². The minimum atomic E-state index is -1.12. The summed E-state index contributed by atoms with van der Waals surface area (Å²) < 4.78 is 26.9. The van der Waals surface area contributed by atoms with Crippen molar-refractivity contribution in [2.75, 3.05) is 0 Å². The average molecular weight is 388 g/mol. The Morgan fingerprint density at radius 2 is 1.83 bits per heavy atom. The van der Waals surface area contributed by atoms with Gasteiger partial charge >= 0.3 is 5.97 Å². The van der Waals surface area contributed by atoms with Crippen LogP contribution in [0.2, 0.25) is 0 Å². The van der Waals surface area contributed by atoms with E-state index in [2.05, 4.69) is 15.9 Å². The number of rotatable bonds is 2. The predicted molar refractivity (Wildman–Crippen MR) is 82.0 cm³/mol. The molecule has 1 saturated carbocycles. The van der Waals surface area contributed by atoms with Gasteiger partial charge in [0.05, 0.1) is 5.56 Å². The standard InChI is InChI=1S/C16H16BrF2NO3/c17-10-7-12(19)11(18)6-9(10)15(21)20-13-4-2-1-3-8(13)5-14(20)16(22)23/h6-8,13-14H,1-5H2,(H,22,23). The molecule has 2 aliphatic rings. The van der Waals surface area contributed by atoms with Crippen LogP contribution in [0.1, 0.15) is 42.5 Å². The first-order valence-corrected chi connectivity index (χ1v) is 8.39. The van der Waals surface area contributed by atoms with E-state index < -0.39 is 29.6 Å². The maximum absolute atomic E-state index is 13.5. The van der Waals surface area contributed by atoms with E-state index in [1.165, 1.54) is 4.90 Å². The van der Waals surface area contributed by atoms with Gasteiger partial charge in [0, 0.05) is 10.5 Å². The van der Waals surface area contributed by atoms with Crippen molar-refractivity contribution in [1.29, 1.82) is 0 Å². The van der Waals surface area contributed by atoms with Gasteiger partial charge in [-0.2, -0.15) is 0 Å². The molecule has 1 heterocycles. The summed E-state index contributed by atoms with van der Waals surface area (Å²) in [5.74, 6) is -3.62. The normalized spacial score (nSPS) is 26.9. The Morgan fingerprint density at radius 3 is 2.52 bits per heavy atom. The second-order valence-corrected chi connectivity index (χ2v) is 7.01. The molecule has 124 valence electrons. The lowest BCUT2D eigenvalue weighted by Crippen LogP contribution is -2.46.